The largest absolute Gasteiger partial charge is 0.381 e. The Morgan fingerprint density at radius 2 is 2.41 bits per heavy atom. The molecule has 0 aromatic heterocycles. The summed E-state index contributed by atoms with van der Waals surface area (Å²) in [5.74, 6) is 5.74. The average molecular weight is 303 g/mol. The van der Waals surface area contributed by atoms with Crippen LogP contribution in [0.25, 0.3) is 0 Å². The van der Waals surface area contributed by atoms with Gasteiger partial charge in [0.1, 0.15) is 5.82 Å². The maximum Gasteiger partial charge on any atom is 0.137 e. The first-order chi connectivity index (χ1) is 8.22. The van der Waals surface area contributed by atoms with Gasteiger partial charge < -0.3 is 4.74 Å². The highest BCUT2D eigenvalue weighted by Crippen LogP contribution is 2.25. The zero-order valence-electron chi connectivity index (χ0n) is 9.46. The molecule has 1 aromatic rings. The van der Waals surface area contributed by atoms with Gasteiger partial charge in [-0.2, -0.15) is 0 Å². The number of halogens is 2. The summed E-state index contributed by atoms with van der Waals surface area (Å²) in [5, 5.41) is 0. The topological polar surface area (TPSA) is 47.3 Å². The maximum atomic E-state index is 13.4. The molecule has 94 valence electrons. The Morgan fingerprint density at radius 3 is 3.06 bits per heavy atom. The number of nitrogens with one attached hydrogen (secondary N) is 1. The molecule has 1 heterocycles. The summed E-state index contributed by atoms with van der Waals surface area (Å²) in [6, 6.07) is 5.19. The summed E-state index contributed by atoms with van der Waals surface area (Å²) in [6.07, 6.45) is 1.70. The van der Waals surface area contributed by atoms with Crippen molar-refractivity contribution in [2.45, 2.75) is 18.9 Å². The summed E-state index contributed by atoms with van der Waals surface area (Å²) >= 11 is 3.27. The molecule has 1 aliphatic heterocycles. The number of benzene rings is 1. The maximum absolute atomic E-state index is 13.4. The van der Waals surface area contributed by atoms with E-state index in [1.807, 2.05) is 6.07 Å². The van der Waals surface area contributed by atoms with E-state index in [2.05, 4.69) is 21.4 Å². The first-order valence-corrected chi connectivity index (χ1v) is 6.48. The summed E-state index contributed by atoms with van der Waals surface area (Å²) < 4.78 is 19.3. The second kappa shape index (κ2) is 5.91. The van der Waals surface area contributed by atoms with E-state index in [0.717, 1.165) is 25.2 Å². The number of nitrogens with two attached hydrogens (primary N) is 1. The Labute approximate surface area is 109 Å². The van der Waals surface area contributed by atoms with Gasteiger partial charge in [0.05, 0.1) is 11.1 Å². The van der Waals surface area contributed by atoms with E-state index in [-0.39, 0.29) is 11.9 Å². The van der Waals surface area contributed by atoms with E-state index >= 15 is 0 Å². The Hall–Kier alpha value is -0.490. The van der Waals surface area contributed by atoms with Crippen LogP contribution in [0.3, 0.4) is 0 Å². The van der Waals surface area contributed by atoms with E-state index in [1.165, 1.54) is 6.07 Å². The molecule has 1 aliphatic rings. The highest BCUT2D eigenvalue weighted by Gasteiger charge is 2.25. The zero-order chi connectivity index (χ0) is 12.3. The molecule has 2 rings (SSSR count). The van der Waals surface area contributed by atoms with Crippen LogP contribution in [-0.4, -0.2) is 19.3 Å². The normalized spacial score (nSPS) is 21.7. The van der Waals surface area contributed by atoms with E-state index < -0.39 is 0 Å². The molecule has 0 spiro atoms. The van der Waals surface area contributed by atoms with Crippen molar-refractivity contribution in [1.82, 2.24) is 5.43 Å². The third-order valence-corrected chi connectivity index (χ3v) is 4.11. The number of rotatable bonds is 4. The fourth-order valence-electron chi connectivity index (χ4n) is 2.17. The summed E-state index contributed by atoms with van der Waals surface area (Å²) in [4.78, 5) is 0. The van der Waals surface area contributed by atoms with Gasteiger partial charge in [0.15, 0.2) is 0 Å². The van der Waals surface area contributed by atoms with Gasteiger partial charge in [0.2, 0.25) is 0 Å². The molecule has 1 saturated heterocycles. The van der Waals surface area contributed by atoms with Crippen LogP contribution < -0.4 is 11.3 Å². The van der Waals surface area contributed by atoms with Gasteiger partial charge in [-0.1, -0.05) is 12.1 Å². The Kier molecular flexibility index (Phi) is 4.50. The van der Waals surface area contributed by atoms with E-state index in [0.29, 0.717) is 16.8 Å². The van der Waals surface area contributed by atoms with Gasteiger partial charge in [-0.3, -0.25) is 11.3 Å². The Morgan fingerprint density at radius 1 is 1.59 bits per heavy atom. The van der Waals surface area contributed by atoms with Crippen molar-refractivity contribution < 1.29 is 9.13 Å². The van der Waals surface area contributed by atoms with Crippen molar-refractivity contribution in [3.8, 4) is 0 Å². The minimum Gasteiger partial charge on any atom is -0.381 e. The first kappa shape index (κ1) is 13.0. The van der Waals surface area contributed by atoms with Crippen molar-refractivity contribution in [2.24, 2.45) is 11.8 Å². The van der Waals surface area contributed by atoms with Gasteiger partial charge >= 0.3 is 0 Å². The van der Waals surface area contributed by atoms with E-state index in [9.17, 15) is 4.39 Å². The van der Waals surface area contributed by atoms with Crippen molar-refractivity contribution in [3.05, 3.63) is 34.1 Å². The predicted molar refractivity (Wildman–Crippen MR) is 67.8 cm³/mol. The minimum atomic E-state index is -0.235. The third kappa shape index (κ3) is 3.04. The molecule has 0 amide bonds. The molecular weight excluding hydrogens is 287 g/mol. The van der Waals surface area contributed by atoms with Crippen LogP contribution in [0, 0.1) is 11.7 Å². The number of ether oxygens (including phenoxy) is 1. The molecule has 2 unspecified atom stereocenters. The van der Waals surface area contributed by atoms with Crippen LogP contribution in [-0.2, 0) is 11.2 Å². The summed E-state index contributed by atoms with van der Waals surface area (Å²) in [7, 11) is 0. The monoisotopic (exact) mass is 302 g/mol. The van der Waals surface area contributed by atoms with Gasteiger partial charge in [-0.05, 0) is 40.4 Å². The molecule has 1 aromatic carbocycles. The molecule has 3 nitrogen and oxygen atoms in total. The van der Waals surface area contributed by atoms with Crippen molar-refractivity contribution in [3.63, 3.8) is 0 Å². The zero-order valence-corrected chi connectivity index (χ0v) is 11.0. The second-order valence-electron chi connectivity index (χ2n) is 4.31. The highest BCUT2D eigenvalue weighted by molar-refractivity contribution is 9.10. The molecule has 2 atom stereocenters. The SMILES string of the molecule is NNC(Cc1cccc(F)c1Br)C1CCOC1. The Balaban J connectivity index is 2.09. The van der Waals surface area contributed by atoms with Crippen LogP contribution in [0.15, 0.2) is 22.7 Å². The van der Waals surface area contributed by atoms with Crippen molar-refractivity contribution >= 4 is 15.9 Å². The number of hydrazine groups is 1. The Bertz CT molecular complexity index is 383. The lowest BCUT2D eigenvalue weighted by atomic mass is 9.93. The van der Waals surface area contributed by atoms with Gasteiger partial charge in [-0.25, -0.2) is 4.39 Å². The lowest BCUT2D eigenvalue weighted by Crippen LogP contribution is -2.42. The van der Waals surface area contributed by atoms with Crippen LogP contribution in [0.2, 0.25) is 0 Å². The predicted octanol–water partition coefficient (Wildman–Crippen LogP) is 2.00. The van der Waals surface area contributed by atoms with Crippen LogP contribution in [0.5, 0.6) is 0 Å². The fraction of sp³-hybridized carbons (Fsp3) is 0.500. The van der Waals surface area contributed by atoms with Crippen molar-refractivity contribution in [1.29, 1.82) is 0 Å². The first-order valence-electron chi connectivity index (χ1n) is 5.69. The molecule has 3 N–H and O–H groups in total. The summed E-state index contributed by atoms with van der Waals surface area (Å²) in [5.41, 5.74) is 3.75. The van der Waals surface area contributed by atoms with Gasteiger partial charge in [0.25, 0.3) is 0 Å². The molecule has 0 radical (unpaired) electrons. The van der Waals surface area contributed by atoms with E-state index in [1.54, 1.807) is 6.07 Å². The number of hydrogen-bond acceptors (Lipinski definition) is 3. The number of hydrogen-bond donors (Lipinski definition) is 2. The van der Waals surface area contributed by atoms with Gasteiger partial charge in [0, 0.05) is 18.6 Å². The molecule has 1 fully saturated rings. The highest BCUT2D eigenvalue weighted by atomic mass is 79.9. The lowest BCUT2D eigenvalue weighted by molar-refractivity contribution is 0.176. The standard InChI is InChI=1S/C12H16BrFN2O/c13-12-8(2-1-3-10(12)14)6-11(16-15)9-4-5-17-7-9/h1-3,9,11,16H,4-7,15H2. The summed E-state index contributed by atoms with van der Waals surface area (Å²) in [6.45, 7) is 1.51. The molecule has 17 heavy (non-hydrogen) atoms. The second-order valence-corrected chi connectivity index (χ2v) is 5.11. The lowest BCUT2D eigenvalue weighted by Gasteiger charge is -2.22. The third-order valence-electron chi connectivity index (χ3n) is 3.22. The minimum absolute atomic E-state index is 0.121. The molecule has 0 bridgehead atoms. The molecule has 0 saturated carbocycles. The average Bonchev–Trinajstić information content (AvgIpc) is 2.85. The molecular formula is C12H16BrFN2O. The van der Waals surface area contributed by atoms with Crippen molar-refractivity contribution in [2.75, 3.05) is 13.2 Å². The molecule has 5 heteroatoms. The van der Waals surface area contributed by atoms with Gasteiger partial charge in [-0.15, -0.1) is 0 Å². The quantitative estimate of drug-likeness (QED) is 0.661. The fourth-order valence-corrected chi connectivity index (χ4v) is 2.60. The van der Waals surface area contributed by atoms with Crippen LogP contribution in [0.4, 0.5) is 4.39 Å². The molecule has 0 aliphatic carbocycles. The van der Waals surface area contributed by atoms with Crippen LogP contribution >= 0.6 is 15.9 Å². The van der Waals surface area contributed by atoms with Crippen LogP contribution in [0.1, 0.15) is 12.0 Å². The smallest absolute Gasteiger partial charge is 0.137 e. The van der Waals surface area contributed by atoms with E-state index in [4.69, 9.17) is 10.6 Å².